The van der Waals surface area contributed by atoms with Gasteiger partial charge >= 0.3 is 0 Å². The molecule has 0 unspecified atom stereocenters. The van der Waals surface area contributed by atoms with E-state index in [1.807, 2.05) is 24.3 Å². The summed E-state index contributed by atoms with van der Waals surface area (Å²) < 4.78 is 11.4. The molecule has 1 amide bonds. The Balaban J connectivity index is 1.57. The molecule has 0 aromatic heterocycles. The molecule has 5 heteroatoms. The van der Waals surface area contributed by atoms with Gasteiger partial charge in [-0.25, -0.2) is 0 Å². The number of benzene rings is 1. The average Bonchev–Trinajstić information content (AvgIpc) is 2.64. The van der Waals surface area contributed by atoms with E-state index < -0.39 is 5.41 Å². The van der Waals surface area contributed by atoms with Crippen molar-refractivity contribution in [2.24, 2.45) is 11.1 Å². The van der Waals surface area contributed by atoms with E-state index in [2.05, 4.69) is 5.32 Å². The van der Waals surface area contributed by atoms with Crippen LogP contribution in [0.25, 0.3) is 0 Å². The molecule has 1 saturated heterocycles. The minimum Gasteiger partial charge on any atom is -0.490 e. The van der Waals surface area contributed by atoms with Gasteiger partial charge in [-0.3, -0.25) is 4.79 Å². The van der Waals surface area contributed by atoms with Gasteiger partial charge in [-0.05, 0) is 62.8 Å². The third-order valence-electron chi connectivity index (χ3n) is 5.29. The molecule has 3 N–H and O–H groups in total. The molecule has 1 heterocycles. The second-order valence-electron chi connectivity index (χ2n) is 6.95. The van der Waals surface area contributed by atoms with Crippen molar-refractivity contribution >= 4 is 11.6 Å². The molecule has 1 aromatic carbocycles. The number of hydrogen-bond donors (Lipinski definition) is 2. The maximum atomic E-state index is 12.6. The van der Waals surface area contributed by atoms with Crippen molar-refractivity contribution in [3.05, 3.63) is 24.3 Å². The fourth-order valence-corrected chi connectivity index (χ4v) is 3.54. The lowest BCUT2D eigenvalue weighted by atomic mass is 9.79. The topological polar surface area (TPSA) is 73.6 Å². The van der Waals surface area contributed by atoms with Crippen LogP contribution in [0.2, 0.25) is 0 Å². The van der Waals surface area contributed by atoms with Crippen LogP contribution in [-0.4, -0.2) is 31.8 Å². The van der Waals surface area contributed by atoms with Crippen LogP contribution < -0.4 is 15.8 Å². The molecule has 0 atom stereocenters. The Labute approximate surface area is 143 Å². The van der Waals surface area contributed by atoms with Gasteiger partial charge in [0.2, 0.25) is 5.91 Å². The van der Waals surface area contributed by atoms with Gasteiger partial charge in [0.15, 0.2) is 0 Å². The second-order valence-corrected chi connectivity index (χ2v) is 6.95. The van der Waals surface area contributed by atoms with E-state index in [0.717, 1.165) is 24.3 Å². The first-order chi connectivity index (χ1) is 11.7. The summed E-state index contributed by atoms with van der Waals surface area (Å²) in [4.78, 5) is 12.6. The second kappa shape index (κ2) is 7.99. The third-order valence-corrected chi connectivity index (χ3v) is 5.29. The van der Waals surface area contributed by atoms with Crippen LogP contribution in [0.5, 0.6) is 5.75 Å². The quantitative estimate of drug-likeness (QED) is 0.869. The molecular weight excluding hydrogens is 304 g/mol. The van der Waals surface area contributed by atoms with E-state index in [-0.39, 0.29) is 5.91 Å². The summed E-state index contributed by atoms with van der Waals surface area (Å²) in [7, 11) is 0. The highest BCUT2D eigenvalue weighted by Gasteiger charge is 2.38. The standard InChI is InChI=1S/C19H28N2O3/c20-14-19(10-12-23-13-11-19)18(22)21-15-6-8-17(9-7-15)24-16-4-2-1-3-5-16/h6-9,16H,1-5,10-14,20H2,(H,21,22). The summed E-state index contributed by atoms with van der Waals surface area (Å²) >= 11 is 0. The lowest BCUT2D eigenvalue weighted by molar-refractivity contribution is -0.130. The highest BCUT2D eigenvalue weighted by Crippen LogP contribution is 2.31. The number of nitrogens with two attached hydrogens (primary N) is 1. The SMILES string of the molecule is NCC1(C(=O)Nc2ccc(OC3CCCCC3)cc2)CCOCC1. The Hall–Kier alpha value is -1.59. The molecule has 0 radical (unpaired) electrons. The Bertz CT molecular complexity index is 532. The van der Waals surface area contributed by atoms with Crippen molar-refractivity contribution < 1.29 is 14.3 Å². The van der Waals surface area contributed by atoms with Crippen LogP contribution in [0.1, 0.15) is 44.9 Å². The van der Waals surface area contributed by atoms with Crippen molar-refractivity contribution in [1.29, 1.82) is 0 Å². The van der Waals surface area contributed by atoms with Gasteiger partial charge in [-0.1, -0.05) is 6.42 Å². The number of carbonyl (C=O) groups is 1. The molecule has 0 bridgehead atoms. The highest BCUT2D eigenvalue weighted by molar-refractivity contribution is 5.95. The van der Waals surface area contributed by atoms with Gasteiger partial charge in [0.05, 0.1) is 11.5 Å². The van der Waals surface area contributed by atoms with Gasteiger partial charge in [-0.2, -0.15) is 0 Å². The van der Waals surface area contributed by atoms with E-state index in [0.29, 0.717) is 38.7 Å². The summed E-state index contributed by atoms with van der Waals surface area (Å²) in [6.45, 7) is 1.54. The fraction of sp³-hybridized carbons (Fsp3) is 0.632. The predicted octanol–water partition coefficient (Wildman–Crippen LogP) is 3.09. The first-order valence-corrected chi connectivity index (χ1v) is 9.08. The van der Waals surface area contributed by atoms with Crippen LogP contribution in [0.3, 0.4) is 0 Å². The molecule has 5 nitrogen and oxygen atoms in total. The smallest absolute Gasteiger partial charge is 0.232 e. The van der Waals surface area contributed by atoms with Gasteiger partial charge < -0.3 is 20.5 Å². The Morgan fingerprint density at radius 1 is 1.17 bits per heavy atom. The molecule has 1 aromatic rings. The van der Waals surface area contributed by atoms with Gasteiger partial charge in [-0.15, -0.1) is 0 Å². The molecule has 24 heavy (non-hydrogen) atoms. The molecule has 1 saturated carbocycles. The Kier molecular flexibility index (Phi) is 5.74. The van der Waals surface area contributed by atoms with Crippen molar-refractivity contribution in [3.63, 3.8) is 0 Å². The number of rotatable bonds is 5. The molecule has 2 aliphatic rings. The lowest BCUT2D eigenvalue weighted by Gasteiger charge is -2.34. The summed E-state index contributed by atoms with van der Waals surface area (Å²) in [6.07, 6.45) is 7.80. The molecule has 1 aliphatic heterocycles. The van der Waals surface area contributed by atoms with Crippen LogP contribution in [0, 0.1) is 5.41 Å². The van der Waals surface area contributed by atoms with Crippen molar-refractivity contribution in [2.45, 2.75) is 51.0 Å². The molecule has 2 fully saturated rings. The summed E-state index contributed by atoms with van der Waals surface area (Å²) in [6, 6.07) is 7.67. The van der Waals surface area contributed by atoms with Crippen LogP contribution >= 0.6 is 0 Å². The van der Waals surface area contributed by atoms with E-state index >= 15 is 0 Å². The monoisotopic (exact) mass is 332 g/mol. The maximum Gasteiger partial charge on any atom is 0.232 e. The van der Waals surface area contributed by atoms with Crippen molar-refractivity contribution in [2.75, 3.05) is 25.1 Å². The first-order valence-electron chi connectivity index (χ1n) is 9.08. The summed E-state index contributed by atoms with van der Waals surface area (Å²) in [5, 5.41) is 3.00. The highest BCUT2D eigenvalue weighted by atomic mass is 16.5. The minimum atomic E-state index is -0.504. The minimum absolute atomic E-state index is 0.00533. The largest absolute Gasteiger partial charge is 0.490 e. The predicted molar refractivity (Wildman–Crippen MR) is 94.1 cm³/mol. The van der Waals surface area contributed by atoms with Crippen molar-refractivity contribution in [3.8, 4) is 5.75 Å². The normalized spacial score (nSPS) is 21.2. The van der Waals surface area contributed by atoms with E-state index in [1.54, 1.807) is 0 Å². The summed E-state index contributed by atoms with van der Waals surface area (Å²) in [5.74, 6) is 0.869. The van der Waals surface area contributed by atoms with Crippen LogP contribution in [0.4, 0.5) is 5.69 Å². The molecule has 1 aliphatic carbocycles. The maximum absolute atomic E-state index is 12.6. The number of amides is 1. The molecule has 132 valence electrons. The van der Waals surface area contributed by atoms with Gasteiger partial charge in [0.1, 0.15) is 5.75 Å². The van der Waals surface area contributed by atoms with Crippen LogP contribution in [-0.2, 0) is 9.53 Å². The Morgan fingerprint density at radius 2 is 1.83 bits per heavy atom. The third kappa shape index (κ3) is 4.08. The fourth-order valence-electron chi connectivity index (χ4n) is 3.54. The molecule has 3 rings (SSSR count). The summed E-state index contributed by atoms with van der Waals surface area (Å²) in [5.41, 5.74) is 6.17. The van der Waals surface area contributed by atoms with Gasteiger partial charge in [0, 0.05) is 25.4 Å². The van der Waals surface area contributed by atoms with Crippen LogP contribution in [0.15, 0.2) is 24.3 Å². The molecule has 0 spiro atoms. The number of carbonyl (C=O) groups excluding carboxylic acids is 1. The number of nitrogens with one attached hydrogen (secondary N) is 1. The zero-order valence-electron chi connectivity index (χ0n) is 14.3. The number of anilines is 1. The zero-order valence-corrected chi connectivity index (χ0v) is 14.3. The van der Waals surface area contributed by atoms with Crippen molar-refractivity contribution in [1.82, 2.24) is 0 Å². The lowest BCUT2D eigenvalue weighted by Crippen LogP contribution is -2.46. The Morgan fingerprint density at radius 3 is 2.46 bits per heavy atom. The van der Waals surface area contributed by atoms with E-state index in [4.69, 9.17) is 15.2 Å². The zero-order chi connectivity index (χ0) is 16.8. The number of ether oxygens (including phenoxy) is 2. The average molecular weight is 332 g/mol. The number of hydrogen-bond acceptors (Lipinski definition) is 4. The van der Waals surface area contributed by atoms with E-state index in [1.165, 1.54) is 19.3 Å². The van der Waals surface area contributed by atoms with E-state index in [9.17, 15) is 4.79 Å². The molecular formula is C19H28N2O3. The first kappa shape index (κ1) is 17.2. The van der Waals surface area contributed by atoms with Gasteiger partial charge in [0.25, 0.3) is 0 Å².